The molecule has 1 amide bonds. The van der Waals surface area contributed by atoms with Gasteiger partial charge in [0.25, 0.3) is 5.91 Å². The number of carbonyl (C=O) groups excluding carboxylic acids is 1. The van der Waals surface area contributed by atoms with Gasteiger partial charge in [0.1, 0.15) is 6.26 Å². The van der Waals surface area contributed by atoms with Crippen molar-refractivity contribution in [2.75, 3.05) is 39.3 Å². The van der Waals surface area contributed by atoms with Crippen LogP contribution < -0.4 is 5.73 Å². The Morgan fingerprint density at radius 1 is 1.20 bits per heavy atom. The monoisotopic (exact) mass is 279 g/mol. The van der Waals surface area contributed by atoms with Gasteiger partial charge in [0, 0.05) is 19.6 Å². The van der Waals surface area contributed by atoms with Gasteiger partial charge < -0.3 is 20.0 Å². The number of nitrogens with two attached hydrogens (primary N) is 1. The van der Waals surface area contributed by atoms with Crippen LogP contribution in [-0.2, 0) is 0 Å². The molecule has 0 spiro atoms. The maximum Gasteiger partial charge on any atom is 0.257 e. The predicted molar refractivity (Wildman–Crippen MR) is 78.6 cm³/mol. The molecule has 1 aromatic heterocycles. The first-order valence-corrected chi connectivity index (χ1v) is 7.55. The Labute approximate surface area is 120 Å². The maximum atomic E-state index is 12.3. The second kappa shape index (κ2) is 8.07. The minimum atomic E-state index is 0.0868. The lowest BCUT2D eigenvalue weighted by Gasteiger charge is -2.21. The van der Waals surface area contributed by atoms with E-state index >= 15 is 0 Å². The summed E-state index contributed by atoms with van der Waals surface area (Å²) in [6.45, 7) is 5.59. The highest BCUT2D eigenvalue weighted by atomic mass is 16.3. The maximum absolute atomic E-state index is 12.3. The van der Waals surface area contributed by atoms with Crippen molar-refractivity contribution in [3.8, 4) is 0 Å². The van der Waals surface area contributed by atoms with Gasteiger partial charge in [-0.15, -0.1) is 0 Å². The molecule has 2 heterocycles. The highest BCUT2D eigenvalue weighted by Gasteiger charge is 2.20. The fourth-order valence-corrected chi connectivity index (χ4v) is 2.62. The van der Waals surface area contributed by atoms with Crippen molar-refractivity contribution in [1.82, 2.24) is 9.80 Å². The second-order valence-electron chi connectivity index (χ2n) is 5.35. The number of unbranched alkanes of at least 4 members (excludes halogenated alkanes) is 2. The summed E-state index contributed by atoms with van der Waals surface area (Å²) < 4.78 is 4.99. The molecular formula is C15H25N3O2. The van der Waals surface area contributed by atoms with Crippen LogP contribution in [0.4, 0.5) is 0 Å². The molecule has 0 saturated carbocycles. The number of hydrogen-bond donors (Lipinski definition) is 1. The summed E-state index contributed by atoms with van der Waals surface area (Å²) in [5.74, 6) is 0.0868. The van der Waals surface area contributed by atoms with Gasteiger partial charge in [-0.3, -0.25) is 4.79 Å². The van der Waals surface area contributed by atoms with Crippen LogP contribution in [0.25, 0.3) is 0 Å². The molecule has 5 heteroatoms. The van der Waals surface area contributed by atoms with Crippen LogP contribution in [0.15, 0.2) is 23.0 Å². The van der Waals surface area contributed by atoms with Crippen LogP contribution in [0.5, 0.6) is 0 Å². The first-order chi connectivity index (χ1) is 9.81. The van der Waals surface area contributed by atoms with E-state index in [1.165, 1.54) is 19.1 Å². The average molecular weight is 279 g/mol. The molecule has 1 aromatic rings. The van der Waals surface area contributed by atoms with Crippen molar-refractivity contribution in [2.45, 2.75) is 25.7 Å². The van der Waals surface area contributed by atoms with Crippen LogP contribution in [0.2, 0.25) is 0 Å². The number of furan rings is 1. The van der Waals surface area contributed by atoms with Gasteiger partial charge in [-0.2, -0.15) is 0 Å². The summed E-state index contributed by atoms with van der Waals surface area (Å²) in [5.41, 5.74) is 6.16. The quantitative estimate of drug-likeness (QED) is 0.803. The zero-order valence-corrected chi connectivity index (χ0v) is 12.1. The molecule has 5 nitrogen and oxygen atoms in total. The highest BCUT2D eigenvalue weighted by molar-refractivity contribution is 5.93. The molecule has 0 aromatic carbocycles. The SMILES string of the molecule is NCCCCCN1CCCN(C(=O)c2ccoc2)CC1. The van der Waals surface area contributed by atoms with E-state index < -0.39 is 0 Å². The molecule has 112 valence electrons. The Morgan fingerprint density at radius 2 is 2.10 bits per heavy atom. The van der Waals surface area contributed by atoms with E-state index in [-0.39, 0.29) is 5.91 Å². The Kier molecular flexibility index (Phi) is 6.08. The first-order valence-electron chi connectivity index (χ1n) is 7.55. The van der Waals surface area contributed by atoms with Gasteiger partial charge in [0.2, 0.25) is 0 Å². The van der Waals surface area contributed by atoms with Crippen LogP contribution in [0.1, 0.15) is 36.0 Å². The van der Waals surface area contributed by atoms with Gasteiger partial charge in [-0.05, 0) is 45.0 Å². The molecule has 0 atom stereocenters. The minimum absolute atomic E-state index is 0.0868. The van der Waals surface area contributed by atoms with Gasteiger partial charge in [0.15, 0.2) is 0 Å². The van der Waals surface area contributed by atoms with Gasteiger partial charge in [0.05, 0.1) is 11.8 Å². The average Bonchev–Trinajstić information content (AvgIpc) is 2.89. The Balaban J connectivity index is 1.76. The lowest BCUT2D eigenvalue weighted by Crippen LogP contribution is -2.35. The van der Waals surface area contributed by atoms with Crippen LogP contribution in [-0.4, -0.2) is 55.0 Å². The Morgan fingerprint density at radius 3 is 2.85 bits per heavy atom. The molecule has 1 aliphatic rings. The number of rotatable bonds is 6. The third-order valence-electron chi connectivity index (χ3n) is 3.82. The number of nitrogens with zero attached hydrogens (tertiary/aromatic N) is 2. The van der Waals surface area contributed by atoms with Crippen molar-refractivity contribution in [2.24, 2.45) is 5.73 Å². The van der Waals surface area contributed by atoms with Gasteiger partial charge in [-0.1, -0.05) is 6.42 Å². The van der Waals surface area contributed by atoms with E-state index in [0.29, 0.717) is 5.56 Å². The zero-order valence-electron chi connectivity index (χ0n) is 12.1. The Hall–Kier alpha value is -1.33. The summed E-state index contributed by atoms with van der Waals surface area (Å²) in [7, 11) is 0. The number of amides is 1. The molecule has 2 N–H and O–H groups in total. The van der Waals surface area contributed by atoms with Gasteiger partial charge in [-0.25, -0.2) is 0 Å². The predicted octanol–water partition coefficient (Wildman–Crippen LogP) is 1.56. The number of carbonyl (C=O) groups is 1. The fourth-order valence-electron chi connectivity index (χ4n) is 2.62. The molecular weight excluding hydrogens is 254 g/mol. The summed E-state index contributed by atoms with van der Waals surface area (Å²) in [5, 5.41) is 0. The van der Waals surface area contributed by atoms with Crippen molar-refractivity contribution in [1.29, 1.82) is 0 Å². The third kappa shape index (κ3) is 4.35. The number of hydrogen-bond acceptors (Lipinski definition) is 4. The standard InChI is InChI=1S/C15H25N3O2/c16-6-2-1-3-7-17-8-4-9-18(11-10-17)15(19)14-5-12-20-13-14/h5,12-13H,1-4,6-11,16H2. The lowest BCUT2D eigenvalue weighted by molar-refractivity contribution is 0.0760. The molecule has 0 radical (unpaired) electrons. The smallest absolute Gasteiger partial charge is 0.257 e. The van der Waals surface area contributed by atoms with Crippen molar-refractivity contribution >= 4 is 5.91 Å². The zero-order chi connectivity index (χ0) is 14.2. The van der Waals surface area contributed by atoms with E-state index in [1.54, 1.807) is 12.3 Å². The van der Waals surface area contributed by atoms with Crippen molar-refractivity contribution in [3.63, 3.8) is 0 Å². The van der Waals surface area contributed by atoms with E-state index in [2.05, 4.69) is 4.90 Å². The molecule has 20 heavy (non-hydrogen) atoms. The topological polar surface area (TPSA) is 62.7 Å². The largest absolute Gasteiger partial charge is 0.472 e. The molecule has 1 aliphatic heterocycles. The van der Waals surface area contributed by atoms with E-state index in [1.807, 2.05) is 4.90 Å². The van der Waals surface area contributed by atoms with E-state index in [4.69, 9.17) is 10.2 Å². The molecule has 1 fully saturated rings. The molecule has 0 unspecified atom stereocenters. The van der Waals surface area contributed by atoms with Crippen molar-refractivity contribution in [3.05, 3.63) is 24.2 Å². The van der Waals surface area contributed by atoms with E-state index in [9.17, 15) is 4.79 Å². The summed E-state index contributed by atoms with van der Waals surface area (Å²) in [6.07, 6.45) is 7.63. The molecule has 2 rings (SSSR count). The first kappa shape index (κ1) is 15.1. The normalized spacial score (nSPS) is 17.1. The Bertz CT molecular complexity index is 392. The van der Waals surface area contributed by atoms with Crippen molar-refractivity contribution < 1.29 is 9.21 Å². The third-order valence-corrected chi connectivity index (χ3v) is 3.82. The highest BCUT2D eigenvalue weighted by Crippen LogP contribution is 2.10. The van der Waals surface area contributed by atoms with Gasteiger partial charge >= 0.3 is 0 Å². The lowest BCUT2D eigenvalue weighted by atomic mass is 10.2. The van der Waals surface area contributed by atoms with E-state index in [0.717, 1.165) is 52.1 Å². The minimum Gasteiger partial charge on any atom is -0.472 e. The summed E-state index contributed by atoms with van der Waals surface area (Å²) in [4.78, 5) is 16.6. The van der Waals surface area contributed by atoms with Crippen LogP contribution in [0.3, 0.4) is 0 Å². The summed E-state index contributed by atoms with van der Waals surface area (Å²) >= 11 is 0. The molecule has 0 aliphatic carbocycles. The van der Waals surface area contributed by atoms with Crippen LogP contribution >= 0.6 is 0 Å². The van der Waals surface area contributed by atoms with Crippen LogP contribution in [0, 0.1) is 0 Å². The second-order valence-corrected chi connectivity index (χ2v) is 5.35. The molecule has 0 bridgehead atoms. The molecule has 1 saturated heterocycles. The fraction of sp³-hybridized carbons (Fsp3) is 0.667. The summed E-state index contributed by atoms with van der Waals surface area (Å²) in [6, 6.07) is 1.73.